The lowest BCUT2D eigenvalue weighted by Crippen LogP contribution is -2.40. The Kier molecular flexibility index (Phi) is 5.28. The number of halogens is 1. The summed E-state index contributed by atoms with van der Waals surface area (Å²) in [6.07, 6.45) is 3.45. The van der Waals surface area contributed by atoms with Crippen molar-refractivity contribution in [2.24, 2.45) is 5.73 Å². The number of fused-ring (bicyclic) bond motifs is 6. The Morgan fingerprint density at radius 2 is 1.89 bits per heavy atom. The highest BCUT2D eigenvalue weighted by molar-refractivity contribution is 9.10. The van der Waals surface area contributed by atoms with Gasteiger partial charge in [0.15, 0.2) is 0 Å². The van der Waals surface area contributed by atoms with Gasteiger partial charge in [-0.05, 0) is 58.7 Å². The molecule has 4 heterocycles. The molecule has 0 amide bonds. The van der Waals surface area contributed by atoms with E-state index < -0.39 is 5.54 Å². The first kappa shape index (κ1) is 22.5. The summed E-state index contributed by atoms with van der Waals surface area (Å²) in [7, 11) is 0. The maximum absolute atomic E-state index is 7.32. The maximum Gasteiger partial charge on any atom is 0.214 e. The molecule has 37 heavy (non-hydrogen) atoms. The molecule has 1 unspecified atom stereocenters. The first-order valence-corrected chi connectivity index (χ1v) is 12.9. The fourth-order valence-electron chi connectivity index (χ4n) is 4.99. The molecule has 3 N–H and O–H groups in total. The van der Waals surface area contributed by atoms with Crippen LogP contribution in [0.5, 0.6) is 11.6 Å². The van der Waals surface area contributed by atoms with Gasteiger partial charge >= 0.3 is 0 Å². The molecule has 2 aromatic heterocycles. The number of nitrogens with zero attached hydrogens (tertiary/aromatic N) is 2. The Hall–Kier alpha value is -3.72. The normalized spacial score (nSPS) is 18.9. The minimum Gasteiger partial charge on any atom is -0.489 e. The number of ether oxygens (including phenoxy) is 3. The molecule has 0 radical (unpaired) electrons. The summed E-state index contributed by atoms with van der Waals surface area (Å²) in [5, 5.41) is 0.970. The number of nitrogens with two attached hydrogens (primary N) is 1. The summed E-state index contributed by atoms with van der Waals surface area (Å²) in [6.45, 7) is 1.53. The second-order valence-corrected chi connectivity index (χ2v) is 10.3. The van der Waals surface area contributed by atoms with E-state index in [1.807, 2.05) is 42.5 Å². The molecule has 1 saturated heterocycles. The highest BCUT2D eigenvalue weighted by Crippen LogP contribution is 2.40. The Morgan fingerprint density at radius 3 is 2.70 bits per heavy atom. The molecule has 6 bridgehead atoms. The standard InChI is InChI=1S/C29H23BrN4O3/c30-25-6-4-19-8-18(25)13-36-21-3-1-2-17(9-21)23-11-28(37-22-14-35-15-22)34-26-7-5-20(10-24(23)26)29(19,31)27-12-32-16-33-27/h1-12,16,22H,13-15,31H2,(H,32,33). The Bertz CT molecular complexity index is 1630. The van der Waals surface area contributed by atoms with E-state index in [-0.39, 0.29) is 6.10 Å². The highest BCUT2D eigenvalue weighted by Gasteiger charge is 2.35. The van der Waals surface area contributed by atoms with Crippen LogP contribution in [0.2, 0.25) is 0 Å². The van der Waals surface area contributed by atoms with E-state index >= 15 is 0 Å². The predicted octanol–water partition coefficient (Wildman–Crippen LogP) is 5.31. The predicted molar refractivity (Wildman–Crippen MR) is 144 cm³/mol. The van der Waals surface area contributed by atoms with Crippen molar-refractivity contribution in [2.45, 2.75) is 18.2 Å². The topological polar surface area (TPSA) is 95.3 Å². The van der Waals surface area contributed by atoms with Crippen molar-refractivity contribution in [1.82, 2.24) is 15.0 Å². The van der Waals surface area contributed by atoms with Crippen molar-refractivity contribution in [1.29, 1.82) is 0 Å². The molecule has 0 spiro atoms. The van der Waals surface area contributed by atoms with Crippen LogP contribution in [-0.4, -0.2) is 34.3 Å². The summed E-state index contributed by atoms with van der Waals surface area (Å²) in [6, 6.07) is 22.4. The molecule has 2 aliphatic rings. The van der Waals surface area contributed by atoms with Gasteiger partial charge in [-0.15, -0.1) is 0 Å². The lowest BCUT2D eigenvalue weighted by atomic mass is 9.80. The number of aromatic nitrogens is 3. The summed E-state index contributed by atoms with van der Waals surface area (Å²) < 4.78 is 18.6. The zero-order valence-electron chi connectivity index (χ0n) is 19.8. The summed E-state index contributed by atoms with van der Waals surface area (Å²) in [5.74, 6) is 1.35. The molecule has 1 atom stereocenters. The van der Waals surface area contributed by atoms with Crippen molar-refractivity contribution in [3.05, 3.63) is 106 Å². The molecule has 8 heteroatoms. The zero-order chi connectivity index (χ0) is 25.0. The molecular formula is C29H23BrN4O3. The van der Waals surface area contributed by atoms with Crippen LogP contribution in [0.3, 0.4) is 0 Å². The van der Waals surface area contributed by atoms with Gasteiger partial charge in [-0.25, -0.2) is 9.97 Å². The first-order chi connectivity index (χ1) is 18.1. The fraction of sp³-hybridized carbons (Fsp3) is 0.172. The third kappa shape index (κ3) is 3.80. The van der Waals surface area contributed by atoms with Crippen LogP contribution >= 0.6 is 15.9 Å². The molecule has 184 valence electrons. The largest absolute Gasteiger partial charge is 0.489 e. The number of hydrogen-bond acceptors (Lipinski definition) is 6. The van der Waals surface area contributed by atoms with Crippen molar-refractivity contribution in [3.63, 3.8) is 0 Å². The minimum atomic E-state index is -0.984. The average molecular weight is 555 g/mol. The van der Waals surface area contributed by atoms with Crippen LogP contribution < -0.4 is 15.2 Å². The fourth-order valence-corrected chi connectivity index (χ4v) is 5.35. The monoisotopic (exact) mass is 554 g/mol. The van der Waals surface area contributed by atoms with Crippen molar-refractivity contribution in [3.8, 4) is 22.8 Å². The van der Waals surface area contributed by atoms with E-state index in [0.29, 0.717) is 25.7 Å². The van der Waals surface area contributed by atoms with Gasteiger partial charge in [0.25, 0.3) is 0 Å². The molecule has 1 fully saturated rings. The van der Waals surface area contributed by atoms with Crippen molar-refractivity contribution < 1.29 is 14.2 Å². The smallest absolute Gasteiger partial charge is 0.214 e. The summed E-state index contributed by atoms with van der Waals surface area (Å²) >= 11 is 3.69. The number of nitrogens with one attached hydrogen (secondary N) is 1. The number of hydrogen-bond donors (Lipinski definition) is 2. The number of pyridine rings is 1. The molecule has 0 aliphatic carbocycles. The van der Waals surface area contributed by atoms with Crippen LogP contribution in [0.25, 0.3) is 22.0 Å². The van der Waals surface area contributed by atoms with Gasteiger partial charge in [0.05, 0.1) is 36.9 Å². The van der Waals surface area contributed by atoms with Gasteiger partial charge in [-0.1, -0.05) is 40.2 Å². The number of imidazole rings is 1. The van der Waals surface area contributed by atoms with Crippen LogP contribution in [0.15, 0.2) is 83.7 Å². The SMILES string of the molecule is NC1(c2cnc[nH]2)c2ccc(Br)c(c2)COc2cccc(c2)-c2cc(OC3COC3)nc3ccc1cc23. The van der Waals surface area contributed by atoms with Crippen LogP contribution in [0.4, 0.5) is 0 Å². The quantitative estimate of drug-likeness (QED) is 0.314. The first-order valence-electron chi connectivity index (χ1n) is 12.1. The van der Waals surface area contributed by atoms with Crippen molar-refractivity contribution >= 4 is 26.8 Å². The molecule has 5 aromatic rings. The molecule has 7 nitrogen and oxygen atoms in total. The van der Waals surface area contributed by atoms with E-state index in [1.165, 1.54) is 0 Å². The third-order valence-corrected chi connectivity index (χ3v) is 7.87. The molecule has 3 aromatic carbocycles. The van der Waals surface area contributed by atoms with Gasteiger partial charge in [0.2, 0.25) is 5.88 Å². The van der Waals surface area contributed by atoms with Gasteiger partial charge < -0.3 is 24.9 Å². The maximum atomic E-state index is 7.32. The van der Waals surface area contributed by atoms with Crippen LogP contribution in [0.1, 0.15) is 22.4 Å². The number of H-pyrrole nitrogens is 1. The minimum absolute atomic E-state index is 0.0164. The van der Waals surface area contributed by atoms with E-state index in [2.05, 4.69) is 50.2 Å². The zero-order valence-corrected chi connectivity index (χ0v) is 21.4. The second-order valence-electron chi connectivity index (χ2n) is 9.41. The Balaban J connectivity index is 1.52. The third-order valence-electron chi connectivity index (χ3n) is 7.10. The van der Waals surface area contributed by atoms with Gasteiger partial charge in [0, 0.05) is 21.5 Å². The molecule has 7 rings (SSSR count). The Labute approximate surface area is 221 Å². The molecule has 0 saturated carbocycles. The lowest BCUT2D eigenvalue weighted by Gasteiger charge is -2.31. The van der Waals surface area contributed by atoms with E-state index in [1.54, 1.807) is 12.5 Å². The number of aromatic amines is 1. The number of rotatable bonds is 3. The highest BCUT2D eigenvalue weighted by atomic mass is 79.9. The van der Waals surface area contributed by atoms with Gasteiger partial charge in [-0.3, -0.25) is 0 Å². The summed E-state index contributed by atoms with van der Waals surface area (Å²) in [5.41, 5.74) is 12.8. The molecular weight excluding hydrogens is 532 g/mol. The van der Waals surface area contributed by atoms with Gasteiger partial charge in [-0.2, -0.15) is 0 Å². The van der Waals surface area contributed by atoms with E-state index in [9.17, 15) is 0 Å². The Morgan fingerprint density at radius 1 is 1.03 bits per heavy atom. The van der Waals surface area contributed by atoms with E-state index in [4.69, 9.17) is 24.9 Å². The molecule has 2 aliphatic heterocycles. The van der Waals surface area contributed by atoms with Crippen LogP contribution in [-0.2, 0) is 16.9 Å². The van der Waals surface area contributed by atoms with Crippen LogP contribution in [0, 0.1) is 0 Å². The number of benzene rings is 3. The summed E-state index contributed by atoms with van der Waals surface area (Å²) in [4.78, 5) is 12.4. The average Bonchev–Trinajstić information content (AvgIpc) is 3.44. The van der Waals surface area contributed by atoms with Gasteiger partial charge in [0.1, 0.15) is 24.0 Å². The van der Waals surface area contributed by atoms with Crippen molar-refractivity contribution in [2.75, 3.05) is 13.2 Å². The second kappa shape index (κ2) is 8.69. The van der Waals surface area contributed by atoms with E-state index in [0.717, 1.165) is 54.6 Å². The lowest BCUT2D eigenvalue weighted by molar-refractivity contribution is -0.0812.